The molecule has 0 aliphatic heterocycles. The van der Waals surface area contributed by atoms with Gasteiger partial charge in [0.15, 0.2) is 0 Å². The number of aryl methyl sites for hydroxylation is 1. The quantitative estimate of drug-likeness (QED) is 0.850. The van der Waals surface area contributed by atoms with Crippen LogP contribution in [0.15, 0.2) is 24.3 Å². The van der Waals surface area contributed by atoms with Crippen molar-refractivity contribution >= 4 is 22.2 Å². The molecule has 16 heavy (non-hydrogen) atoms. The molecule has 1 aromatic heterocycles. The fourth-order valence-corrected chi connectivity index (χ4v) is 2.12. The molecular weight excluding hydrogens is 220 g/mol. The lowest BCUT2D eigenvalue weighted by Crippen LogP contribution is -2.01. The van der Waals surface area contributed by atoms with Crippen LogP contribution in [0, 0.1) is 6.92 Å². The van der Waals surface area contributed by atoms with Crippen LogP contribution >= 0.6 is 11.3 Å². The highest BCUT2D eigenvalue weighted by Gasteiger charge is 2.04. The molecule has 0 aliphatic rings. The van der Waals surface area contributed by atoms with Gasteiger partial charge >= 0.3 is 0 Å². The van der Waals surface area contributed by atoms with Crippen LogP contribution in [0.2, 0.25) is 0 Å². The molecule has 1 aromatic carbocycles. The first-order valence-corrected chi connectivity index (χ1v) is 5.96. The molecule has 0 bridgehead atoms. The number of benzene rings is 1. The number of nitrogens with one attached hydrogen (secondary N) is 1. The maximum atomic E-state index is 5.46. The molecule has 2 rings (SSSR count). The number of anilines is 2. The Morgan fingerprint density at radius 1 is 1.31 bits per heavy atom. The molecule has 2 aromatic rings. The molecule has 84 valence electrons. The van der Waals surface area contributed by atoms with Crippen molar-refractivity contribution in [3.8, 4) is 0 Å². The Kier molecular flexibility index (Phi) is 3.48. The fraction of sp³-hybridized carbons (Fsp3) is 0.273. The first-order valence-electron chi connectivity index (χ1n) is 5.14. The molecule has 0 fully saturated rings. The zero-order valence-electron chi connectivity index (χ0n) is 9.10. The van der Waals surface area contributed by atoms with E-state index in [1.165, 1.54) is 5.56 Å². The van der Waals surface area contributed by atoms with Crippen LogP contribution in [0.5, 0.6) is 0 Å². The summed E-state index contributed by atoms with van der Waals surface area (Å²) >= 11 is 1.55. The zero-order valence-corrected chi connectivity index (χ0v) is 9.92. The average Bonchev–Trinajstić information content (AvgIpc) is 2.70. The minimum atomic E-state index is 0.610. The van der Waals surface area contributed by atoms with E-state index in [2.05, 4.69) is 28.5 Å². The molecule has 0 atom stereocenters. The van der Waals surface area contributed by atoms with Gasteiger partial charge in [-0.15, -0.1) is 10.2 Å². The van der Waals surface area contributed by atoms with Gasteiger partial charge in [0.25, 0.3) is 0 Å². The second kappa shape index (κ2) is 5.05. The van der Waals surface area contributed by atoms with Crippen molar-refractivity contribution in [3.63, 3.8) is 0 Å². The van der Waals surface area contributed by atoms with E-state index < -0.39 is 0 Å². The van der Waals surface area contributed by atoms with Crippen molar-refractivity contribution in [3.05, 3.63) is 34.8 Å². The third-order valence-electron chi connectivity index (χ3n) is 2.21. The Morgan fingerprint density at radius 3 is 2.88 bits per heavy atom. The molecule has 3 N–H and O–H groups in total. The van der Waals surface area contributed by atoms with Gasteiger partial charge in [0, 0.05) is 12.1 Å². The van der Waals surface area contributed by atoms with Crippen LogP contribution in [0.25, 0.3) is 0 Å². The SMILES string of the molecule is Cc1ccccc1Nc1nnc(CCN)s1. The molecule has 0 amide bonds. The van der Waals surface area contributed by atoms with E-state index in [4.69, 9.17) is 5.73 Å². The lowest BCUT2D eigenvalue weighted by atomic mass is 10.2. The molecule has 0 saturated carbocycles. The van der Waals surface area contributed by atoms with Crippen LogP contribution < -0.4 is 11.1 Å². The van der Waals surface area contributed by atoms with Crippen molar-refractivity contribution in [1.82, 2.24) is 10.2 Å². The van der Waals surface area contributed by atoms with Crippen LogP contribution in [-0.2, 0) is 6.42 Å². The topological polar surface area (TPSA) is 63.8 Å². The summed E-state index contributed by atoms with van der Waals surface area (Å²) in [5.74, 6) is 0. The summed E-state index contributed by atoms with van der Waals surface area (Å²) < 4.78 is 0. The highest BCUT2D eigenvalue weighted by Crippen LogP contribution is 2.22. The van der Waals surface area contributed by atoms with Gasteiger partial charge in [-0.2, -0.15) is 0 Å². The van der Waals surface area contributed by atoms with Crippen molar-refractivity contribution in [2.75, 3.05) is 11.9 Å². The summed E-state index contributed by atoms with van der Waals surface area (Å²) in [5.41, 5.74) is 7.73. The molecule has 5 heteroatoms. The van der Waals surface area contributed by atoms with Crippen LogP contribution in [0.3, 0.4) is 0 Å². The summed E-state index contributed by atoms with van der Waals surface area (Å²) in [6.07, 6.45) is 0.785. The highest BCUT2D eigenvalue weighted by molar-refractivity contribution is 7.15. The summed E-state index contributed by atoms with van der Waals surface area (Å²) in [4.78, 5) is 0. The van der Waals surface area contributed by atoms with Gasteiger partial charge in [0.05, 0.1) is 0 Å². The van der Waals surface area contributed by atoms with Crippen molar-refractivity contribution in [2.45, 2.75) is 13.3 Å². The molecule has 0 aliphatic carbocycles. The molecule has 0 radical (unpaired) electrons. The zero-order chi connectivity index (χ0) is 11.4. The van der Waals surface area contributed by atoms with E-state index in [9.17, 15) is 0 Å². The Balaban J connectivity index is 2.11. The number of hydrogen-bond donors (Lipinski definition) is 2. The van der Waals surface area contributed by atoms with Crippen LogP contribution in [0.4, 0.5) is 10.8 Å². The van der Waals surface area contributed by atoms with Crippen molar-refractivity contribution in [1.29, 1.82) is 0 Å². The lowest BCUT2D eigenvalue weighted by Gasteiger charge is -2.04. The van der Waals surface area contributed by atoms with Crippen LogP contribution in [-0.4, -0.2) is 16.7 Å². The Bertz CT molecular complexity index is 467. The normalized spacial score (nSPS) is 10.4. The minimum absolute atomic E-state index is 0.610. The van der Waals surface area contributed by atoms with Crippen molar-refractivity contribution in [2.24, 2.45) is 5.73 Å². The summed E-state index contributed by atoms with van der Waals surface area (Å²) in [6.45, 7) is 2.67. The van der Waals surface area contributed by atoms with E-state index in [0.29, 0.717) is 6.54 Å². The largest absolute Gasteiger partial charge is 0.330 e. The molecule has 1 heterocycles. The van der Waals surface area contributed by atoms with Gasteiger partial charge in [-0.1, -0.05) is 29.5 Å². The van der Waals surface area contributed by atoms with Gasteiger partial charge in [-0.05, 0) is 25.1 Å². The highest BCUT2D eigenvalue weighted by atomic mass is 32.1. The predicted molar refractivity (Wildman–Crippen MR) is 67.1 cm³/mol. The monoisotopic (exact) mass is 234 g/mol. The lowest BCUT2D eigenvalue weighted by molar-refractivity contribution is 0.913. The minimum Gasteiger partial charge on any atom is -0.330 e. The first kappa shape index (κ1) is 11.0. The number of hydrogen-bond acceptors (Lipinski definition) is 5. The smallest absolute Gasteiger partial charge is 0.210 e. The predicted octanol–water partition coefficient (Wildman–Crippen LogP) is 2.09. The summed E-state index contributed by atoms with van der Waals surface area (Å²) in [6, 6.07) is 8.10. The Hall–Kier alpha value is -1.46. The van der Waals surface area contributed by atoms with Gasteiger partial charge in [-0.3, -0.25) is 0 Å². The third-order valence-corrected chi connectivity index (χ3v) is 3.11. The molecule has 4 nitrogen and oxygen atoms in total. The third kappa shape index (κ3) is 2.56. The van der Waals surface area contributed by atoms with Gasteiger partial charge < -0.3 is 11.1 Å². The number of para-hydroxylation sites is 1. The molecular formula is C11H14N4S. The molecule has 0 unspecified atom stereocenters. The fourth-order valence-electron chi connectivity index (χ4n) is 1.36. The number of aromatic nitrogens is 2. The summed E-state index contributed by atoms with van der Waals surface area (Å²) in [7, 11) is 0. The maximum absolute atomic E-state index is 5.46. The maximum Gasteiger partial charge on any atom is 0.210 e. The van der Waals surface area contributed by atoms with Crippen molar-refractivity contribution < 1.29 is 0 Å². The van der Waals surface area contributed by atoms with E-state index in [1.807, 2.05) is 18.2 Å². The number of nitrogens with two attached hydrogens (primary N) is 1. The van der Waals surface area contributed by atoms with E-state index in [0.717, 1.165) is 22.2 Å². The standard InChI is InChI=1S/C11H14N4S/c1-8-4-2-3-5-9(8)13-11-15-14-10(16-11)6-7-12/h2-5H,6-7,12H2,1H3,(H,13,15). The van der Waals surface area contributed by atoms with E-state index >= 15 is 0 Å². The van der Waals surface area contributed by atoms with Gasteiger partial charge in [0.1, 0.15) is 5.01 Å². The Labute approximate surface area is 98.5 Å². The summed E-state index contributed by atoms with van der Waals surface area (Å²) in [5, 5.41) is 13.2. The number of nitrogens with zero attached hydrogens (tertiary/aromatic N) is 2. The number of rotatable bonds is 4. The van der Waals surface area contributed by atoms with Crippen LogP contribution in [0.1, 0.15) is 10.6 Å². The second-order valence-electron chi connectivity index (χ2n) is 3.48. The first-order chi connectivity index (χ1) is 7.79. The molecule has 0 saturated heterocycles. The van der Waals surface area contributed by atoms with E-state index in [-0.39, 0.29) is 0 Å². The van der Waals surface area contributed by atoms with Gasteiger partial charge in [-0.25, -0.2) is 0 Å². The molecule has 0 spiro atoms. The Morgan fingerprint density at radius 2 is 2.12 bits per heavy atom. The average molecular weight is 234 g/mol. The van der Waals surface area contributed by atoms with E-state index in [1.54, 1.807) is 11.3 Å². The van der Waals surface area contributed by atoms with Gasteiger partial charge in [0.2, 0.25) is 5.13 Å². The second-order valence-corrected chi connectivity index (χ2v) is 4.54.